The number of fused-ring (bicyclic) bond motifs is 1. The maximum absolute atomic E-state index is 12.1. The second kappa shape index (κ2) is 9.64. The number of carbonyl (C=O) groups is 1. The summed E-state index contributed by atoms with van der Waals surface area (Å²) in [5.74, 6) is 2.32. The Hall–Kier alpha value is -2.75. The van der Waals surface area contributed by atoms with Gasteiger partial charge in [0.05, 0.1) is 0 Å². The van der Waals surface area contributed by atoms with E-state index in [1.54, 1.807) is 11.8 Å². The first-order chi connectivity index (χ1) is 13.9. The zero-order valence-corrected chi connectivity index (χ0v) is 15.9. The van der Waals surface area contributed by atoms with Gasteiger partial charge in [-0.25, -0.2) is 4.79 Å². The van der Waals surface area contributed by atoms with Crippen LogP contribution in [0.25, 0.3) is 0 Å². The van der Waals surface area contributed by atoms with Gasteiger partial charge in [0.15, 0.2) is 11.5 Å². The molecule has 0 radical (unpaired) electrons. The molecule has 0 fully saturated rings. The van der Waals surface area contributed by atoms with Gasteiger partial charge in [0.1, 0.15) is 25.1 Å². The van der Waals surface area contributed by atoms with Crippen molar-refractivity contribution in [2.45, 2.75) is 12.5 Å². The number of rotatable bonds is 7. The number of nitrogens with one attached hydrogen (secondary N) is 1. The molecule has 1 atom stereocenters. The second-order valence-corrected chi connectivity index (χ2v) is 7.06. The molecule has 0 aliphatic carbocycles. The van der Waals surface area contributed by atoms with Gasteiger partial charge in [-0.2, -0.15) is 11.8 Å². The molecule has 1 aliphatic heterocycles. The Morgan fingerprint density at radius 3 is 2.59 bits per heavy atom. The minimum Gasteiger partial charge on any atom is -0.486 e. The molecule has 0 bridgehead atoms. The van der Waals surface area contributed by atoms with Gasteiger partial charge in [0.25, 0.3) is 0 Å². The summed E-state index contributed by atoms with van der Waals surface area (Å²) in [7, 11) is 0. The molecule has 1 amide bonds. The molecule has 2 aromatic rings. The molecule has 3 rings (SSSR count). The molecule has 0 spiro atoms. The van der Waals surface area contributed by atoms with Crippen LogP contribution in [-0.2, 0) is 4.74 Å². The number of hydrogen-bond donors (Lipinski definition) is 1. The van der Waals surface area contributed by atoms with Crippen LogP contribution in [0.15, 0.2) is 48.5 Å². The lowest BCUT2D eigenvalue weighted by atomic mass is 10.3. The Labute approximate surface area is 169 Å². The van der Waals surface area contributed by atoms with Crippen molar-refractivity contribution in [3.63, 3.8) is 0 Å². The highest BCUT2D eigenvalue weighted by molar-refractivity contribution is 7.99. The maximum Gasteiger partial charge on any atom is 0.573 e. The van der Waals surface area contributed by atoms with Crippen molar-refractivity contribution in [1.82, 2.24) is 0 Å². The van der Waals surface area contributed by atoms with Crippen LogP contribution in [0.5, 0.6) is 17.2 Å². The van der Waals surface area contributed by atoms with E-state index >= 15 is 0 Å². The Morgan fingerprint density at radius 1 is 1.14 bits per heavy atom. The third-order valence-corrected chi connectivity index (χ3v) is 4.73. The van der Waals surface area contributed by atoms with E-state index in [0.29, 0.717) is 29.5 Å². The summed E-state index contributed by atoms with van der Waals surface area (Å²) in [5, 5.41) is 2.43. The smallest absolute Gasteiger partial charge is 0.486 e. The molecule has 6 nitrogen and oxygen atoms in total. The molecule has 0 saturated heterocycles. The molecule has 1 N–H and O–H groups in total. The summed E-state index contributed by atoms with van der Waals surface area (Å²) in [4.78, 5) is 11.7. The highest BCUT2D eigenvalue weighted by Gasteiger charge is 2.31. The Balaban J connectivity index is 1.30. The number of anilines is 1. The number of para-hydroxylation sites is 2. The SMILES string of the molecule is O=C(Nc1ccc(OC(F)(F)F)cc1)OCCSC[C@H]1COc2ccccc2O1. The first kappa shape index (κ1) is 21.0. The fourth-order valence-corrected chi connectivity index (χ4v) is 3.24. The predicted molar refractivity (Wildman–Crippen MR) is 102 cm³/mol. The molecule has 0 aromatic heterocycles. The summed E-state index contributed by atoms with van der Waals surface area (Å²) in [6.07, 6.45) is -5.54. The minimum absolute atomic E-state index is 0.0823. The van der Waals surface area contributed by atoms with E-state index in [4.69, 9.17) is 14.2 Å². The van der Waals surface area contributed by atoms with Crippen molar-refractivity contribution >= 4 is 23.5 Å². The van der Waals surface area contributed by atoms with Crippen molar-refractivity contribution in [2.75, 3.05) is 30.0 Å². The molecule has 10 heteroatoms. The topological polar surface area (TPSA) is 66.0 Å². The van der Waals surface area contributed by atoms with Crippen LogP contribution < -0.4 is 19.5 Å². The zero-order valence-electron chi connectivity index (χ0n) is 15.1. The van der Waals surface area contributed by atoms with Crippen LogP contribution >= 0.6 is 11.8 Å². The molecule has 1 heterocycles. The quantitative estimate of drug-likeness (QED) is 0.644. The van der Waals surface area contributed by atoms with Gasteiger partial charge in [0, 0.05) is 17.2 Å². The number of alkyl halides is 3. The zero-order chi connectivity index (χ0) is 20.7. The molecule has 0 saturated carbocycles. The third kappa shape index (κ3) is 6.97. The number of halogens is 3. The van der Waals surface area contributed by atoms with E-state index in [1.165, 1.54) is 12.1 Å². The lowest BCUT2D eigenvalue weighted by Gasteiger charge is -2.26. The fraction of sp³-hybridized carbons (Fsp3) is 0.316. The van der Waals surface area contributed by atoms with Gasteiger partial charge in [-0.3, -0.25) is 5.32 Å². The van der Waals surface area contributed by atoms with Crippen molar-refractivity contribution in [3.05, 3.63) is 48.5 Å². The number of hydrogen-bond acceptors (Lipinski definition) is 6. The van der Waals surface area contributed by atoms with Crippen molar-refractivity contribution in [3.8, 4) is 17.2 Å². The summed E-state index contributed by atoms with van der Waals surface area (Å²) >= 11 is 1.56. The van der Waals surface area contributed by atoms with Crippen LogP contribution in [-0.4, -0.2) is 43.3 Å². The monoisotopic (exact) mass is 429 g/mol. The van der Waals surface area contributed by atoms with Crippen LogP contribution in [0.3, 0.4) is 0 Å². The Bertz CT molecular complexity index is 816. The van der Waals surface area contributed by atoms with Crippen LogP contribution in [0.1, 0.15) is 0 Å². The average Bonchev–Trinajstić information content (AvgIpc) is 2.68. The normalized spacial score (nSPS) is 15.5. The number of ether oxygens (including phenoxy) is 4. The van der Waals surface area contributed by atoms with E-state index in [2.05, 4.69) is 10.1 Å². The maximum atomic E-state index is 12.1. The van der Waals surface area contributed by atoms with Gasteiger partial charge < -0.3 is 18.9 Å². The molecule has 1 aliphatic rings. The van der Waals surface area contributed by atoms with E-state index < -0.39 is 12.5 Å². The molecular formula is C19H18F3NO5S. The highest BCUT2D eigenvalue weighted by Crippen LogP contribution is 2.31. The number of amides is 1. The standard InChI is InChI=1S/C19H18F3NO5S/c20-19(21,22)28-14-7-5-13(6-8-14)23-18(24)25-9-10-29-12-15-11-26-16-3-1-2-4-17(16)27-15/h1-8,15H,9-12H2,(H,23,24)/t15-/m1/s1. The molecule has 0 unspecified atom stereocenters. The van der Waals surface area contributed by atoms with Crippen LogP contribution in [0.2, 0.25) is 0 Å². The number of thioether (sulfide) groups is 1. The van der Waals surface area contributed by atoms with E-state index in [0.717, 1.165) is 17.9 Å². The van der Waals surface area contributed by atoms with Crippen molar-refractivity contribution in [2.24, 2.45) is 0 Å². The minimum atomic E-state index is -4.76. The first-order valence-electron chi connectivity index (χ1n) is 8.65. The predicted octanol–water partition coefficient (Wildman–Crippen LogP) is 4.71. The van der Waals surface area contributed by atoms with Gasteiger partial charge in [0.2, 0.25) is 0 Å². The van der Waals surface area contributed by atoms with Gasteiger partial charge in [-0.15, -0.1) is 13.2 Å². The van der Waals surface area contributed by atoms with Gasteiger partial charge in [-0.05, 0) is 36.4 Å². The molecular weight excluding hydrogens is 411 g/mol. The van der Waals surface area contributed by atoms with Gasteiger partial charge >= 0.3 is 12.5 Å². The molecule has 156 valence electrons. The first-order valence-corrected chi connectivity index (χ1v) is 9.80. The third-order valence-electron chi connectivity index (χ3n) is 3.67. The highest BCUT2D eigenvalue weighted by atomic mass is 32.2. The summed E-state index contributed by atoms with van der Waals surface area (Å²) < 4.78 is 56.6. The van der Waals surface area contributed by atoms with Crippen LogP contribution in [0, 0.1) is 0 Å². The fourth-order valence-electron chi connectivity index (χ4n) is 2.45. The summed E-state index contributed by atoms with van der Waals surface area (Å²) in [6.45, 7) is 0.634. The Morgan fingerprint density at radius 2 is 1.86 bits per heavy atom. The Kier molecular flexibility index (Phi) is 6.97. The van der Waals surface area contributed by atoms with Crippen molar-refractivity contribution < 1.29 is 36.9 Å². The largest absolute Gasteiger partial charge is 0.573 e. The molecule has 2 aromatic carbocycles. The average molecular weight is 429 g/mol. The summed E-state index contributed by atoms with van der Waals surface area (Å²) in [5.41, 5.74) is 0.295. The van der Waals surface area contributed by atoms with Crippen molar-refractivity contribution in [1.29, 1.82) is 0 Å². The molecule has 29 heavy (non-hydrogen) atoms. The summed E-state index contributed by atoms with van der Waals surface area (Å²) in [6, 6.07) is 12.2. The lowest BCUT2D eigenvalue weighted by molar-refractivity contribution is -0.274. The van der Waals surface area contributed by atoms with E-state index in [9.17, 15) is 18.0 Å². The van der Waals surface area contributed by atoms with E-state index in [-0.39, 0.29) is 18.5 Å². The van der Waals surface area contributed by atoms with Gasteiger partial charge in [-0.1, -0.05) is 12.1 Å². The van der Waals surface area contributed by atoms with Crippen LogP contribution in [0.4, 0.5) is 23.7 Å². The second-order valence-electron chi connectivity index (χ2n) is 5.91. The number of carbonyl (C=O) groups excluding carboxylic acids is 1. The van der Waals surface area contributed by atoms with E-state index in [1.807, 2.05) is 24.3 Å². The lowest BCUT2D eigenvalue weighted by Crippen LogP contribution is -2.31. The number of benzene rings is 2.